The van der Waals surface area contributed by atoms with Crippen molar-refractivity contribution in [2.24, 2.45) is 0 Å². The van der Waals surface area contributed by atoms with Crippen LogP contribution in [0.5, 0.6) is 0 Å². The van der Waals surface area contributed by atoms with Gasteiger partial charge in [-0.1, -0.05) is 6.07 Å². The number of pyridine rings is 1. The number of anilines is 1. The number of hydrogen-bond donors (Lipinski definition) is 2. The Kier molecular flexibility index (Phi) is 3.41. The monoisotopic (exact) mass is 308 g/mol. The first-order valence-corrected chi connectivity index (χ1v) is 8.41. The van der Waals surface area contributed by atoms with Crippen molar-refractivity contribution in [3.63, 3.8) is 0 Å². The molecule has 1 aromatic carbocycles. The van der Waals surface area contributed by atoms with Crippen molar-refractivity contribution in [2.45, 2.75) is 18.9 Å². The Morgan fingerprint density at radius 2 is 2.32 bits per heavy atom. The van der Waals surface area contributed by atoms with Gasteiger partial charge in [-0.15, -0.1) is 11.3 Å². The van der Waals surface area contributed by atoms with Crippen molar-refractivity contribution in [2.75, 3.05) is 18.4 Å². The topological polar surface area (TPSA) is 60.7 Å². The summed E-state index contributed by atoms with van der Waals surface area (Å²) >= 11 is 1.71. The van der Waals surface area contributed by atoms with Gasteiger partial charge in [0.2, 0.25) is 0 Å². The van der Waals surface area contributed by atoms with E-state index in [4.69, 9.17) is 10.2 Å². The van der Waals surface area contributed by atoms with Crippen molar-refractivity contribution in [3.05, 3.63) is 35.2 Å². The third kappa shape index (κ3) is 2.31. The van der Waals surface area contributed by atoms with Gasteiger partial charge in [-0.05, 0) is 43.0 Å². The van der Waals surface area contributed by atoms with E-state index in [9.17, 15) is 0 Å². The average molecular weight is 308 g/mol. The molecule has 110 valence electrons. The number of nitrogens with zero attached hydrogens (tertiary/aromatic N) is 2. The van der Waals surface area contributed by atoms with E-state index in [-0.39, 0.29) is 0 Å². The fraction of sp³-hybridized carbons (Fsp3) is 0.294. The first kappa shape index (κ1) is 13.5. The van der Waals surface area contributed by atoms with Crippen LogP contribution in [-0.2, 0) is 0 Å². The lowest BCUT2D eigenvalue weighted by Crippen LogP contribution is -2.29. The summed E-state index contributed by atoms with van der Waals surface area (Å²) in [6.07, 6.45) is 2.46. The lowest BCUT2D eigenvalue weighted by Gasteiger charge is -2.13. The molecule has 0 saturated carbocycles. The molecule has 22 heavy (non-hydrogen) atoms. The summed E-state index contributed by atoms with van der Waals surface area (Å²) in [6, 6.07) is 10.6. The van der Waals surface area contributed by atoms with Crippen molar-refractivity contribution < 1.29 is 0 Å². The number of fused-ring (bicyclic) bond motifs is 3. The highest BCUT2D eigenvalue weighted by atomic mass is 32.1. The van der Waals surface area contributed by atoms with E-state index >= 15 is 0 Å². The maximum atomic E-state index is 9.09. The average Bonchev–Trinajstić information content (AvgIpc) is 3.23. The van der Waals surface area contributed by atoms with Crippen LogP contribution in [0.2, 0.25) is 0 Å². The SMILES string of the molecule is N#Cc1ccc2c(c1)nc(NCC1CCCN1)c1sccc12. The van der Waals surface area contributed by atoms with E-state index in [1.165, 1.54) is 22.9 Å². The number of aromatic nitrogens is 1. The molecule has 1 fully saturated rings. The maximum Gasteiger partial charge on any atom is 0.144 e. The van der Waals surface area contributed by atoms with E-state index in [1.54, 1.807) is 11.3 Å². The molecule has 1 aliphatic heterocycles. The van der Waals surface area contributed by atoms with Crippen LogP contribution in [0.4, 0.5) is 5.82 Å². The fourth-order valence-corrected chi connectivity index (χ4v) is 3.94. The summed E-state index contributed by atoms with van der Waals surface area (Å²) in [7, 11) is 0. The molecule has 3 aromatic rings. The first-order chi connectivity index (χ1) is 10.8. The molecule has 4 nitrogen and oxygen atoms in total. The zero-order chi connectivity index (χ0) is 14.9. The van der Waals surface area contributed by atoms with Crippen LogP contribution in [0, 0.1) is 11.3 Å². The molecule has 1 saturated heterocycles. The van der Waals surface area contributed by atoms with Gasteiger partial charge in [0.15, 0.2) is 0 Å². The lowest BCUT2D eigenvalue weighted by atomic mass is 10.1. The Morgan fingerprint density at radius 1 is 1.36 bits per heavy atom. The minimum atomic E-state index is 0.526. The van der Waals surface area contributed by atoms with Crippen LogP contribution in [0.15, 0.2) is 29.6 Å². The highest BCUT2D eigenvalue weighted by Gasteiger charge is 2.15. The predicted octanol–water partition coefficient (Wildman–Crippen LogP) is 3.49. The molecule has 0 amide bonds. The van der Waals surface area contributed by atoms with Crippen molar-refractivity contribution >= 4 is 38.1 Å². The predicted molar refractivity (Wildman–Crippen MR) is 91.4 cm³/mol. The smallest absolute Gasteiger partial charge is 0.144 e. The second-order valence-corrected chi connectivity index (χ2v) is 6.56. The van der Waals surface area contributed by atoms with E-state index in [1.807, 2.05) is 18.2 Å². The molecular formula is C17H16N4S. The highest BCUT2D eigenvalue weighted by molar-refractivity contribution is 7.18. The Balaban J connectivity index is 1.77. The summed E-state index contributed by atoms with van der Waals surface area (Å²) < 4.78 is 1.19. The van der Waals surface area contributed by atoms with Crippen molar-refractivity contribution in [1.82, 2.24) is 10.3 Å². The minimum Gasteiger partial charge on any atom is -0.367 e. The van der Waals surface area contributed by atoms with Gasteiger partial charge in [-0.3, -0.25) is 0 Å². The lowest BCUT2D eigenvalue weighted by molar-refractivity contribution is 0.633. The number of hydrogen-bond acceptors (Lipinski definition) is 5. The third-order valence-electron chi connectivity index (χ3n) is 4.21. The number of rotatable bonds is 3. The quantitative estimate of drug-likeness (QED) is 0.777. The Morgan fingerprint density at radius 3 is 3.14 bits per heavy atom. The zero-order valence-corrected chi connectivity index (χ0v) is 12.9. The van der Waals surface area contributed by atoms with Gasteiger partial charge in [-0.2, -0.15) is 5.26 Å². The summed E-state index contributed by atoms with van der Waals surface area (Å²) in [6.45, 7) is 2.00. The van der Waals surface area contributed by atoms with Crippen LogP contribution < -0.4 is 10.6 Å². The maximum absolute atomic E-state index is 9.09. The van der Waals surface area contributed by atoms with Crippen molar-refractivity contribution in [1.29, 1.82) is 5.26 Å². The summed E-state index contributed by atoms with van der Waals surface area (Å²) in [5.74, 6) is 0.932. The normalized spacial score (nSPS) is 17.9. The van der Waals surface area contributed by atoms with Crippen molar-refractivity contribution in [3.8, 4) is 6.07 Å². The number of nitrogens with one attached hydrogen (secondary N) is 2. The fourth-order valence-electron chi connectivity index (χ4n) is 3.07. The van der Waals surface area contributed by atoms with Crippen LogP contribution in [0.3, 0.4) is 0 Å². The molecule has 2 aromatic heterocycles. The largest absolute Gasteiger partial charge is 0.367 e. The van der Waals surface area contributed by atoms with Crippen LogP contribution in [0.25, 0.3) is 21.0 Å². The van der Waals surface area contributed by atoms with E-state index < -0.39 is 0 Å². The molecule has 3 heterocycles. The van der Waals surface area contributed by atoms with Gasteiger partial charge in [0, 0.05) is 23.4 Å². The molecule has 5 heteroatoms. The van der Waals surface area contributed by atoms with E-state index in [2.05, 4.69) is 28.1 Å². The third-order valence-corrected chi connectivity index (χ3v) is 5.13. The van der Waals surface area contributed by atoms with E-state index in [0.29, 0.717) is 11.6 Å². The second-order valence-electron chi connectivity index (χ2n) is 5.64. The molecule has 1 unspecified atom stereocenters. The van der Waals surface area contributed by atoms with Gasteiger partial charge in [0.1, 0.15) is 5.82 Å². The molecular weight excluding hydrogens is 292 g/mol. The second kappa shape index (κ2) is 5.56. The van der Waals surface area contributed by atoms with Gasteiger partial charge >= 0.3 is 0 Å². The van der Waals surface area contributed by atoms with Crippen LogP contribution >= 0.6 is 11.3 Å². The Bertz CT molecular complexity index is 871. The molecule has 0 radical (unpaired) electrons. The van der Waals surface area contributed by atoms with Crippen LogP contribution in [-0.4, -0.2) is 24.1 Å². The highest BCUT2D eigenvalue weighted by Crippen LogP contribution is 2.33. The van der Waals surface area contributed by atoms with Crippen LogP contribution in [0.1, 0.15) is 18.4 Å². The van der Waals surface area contributed by atoms with Gasteiger partial charge in [-0.25, -0.2) is 4.98 Å². The van der Waals surface area contributed by atoms with Gasteiger partial charge < -0.3 is 10.6 Å². The number of thiophene rings is 1. The molecule has 0 aliphatic carbocycles. The molecule has 0 bridgehead atoms. The Labute approximate surface area is 132 Å². The number of benzene rings is 1. The Hall–Kier alpha value is -2.16. The minimum absolute atomic E-state index is 0.526. The molecule has 4 rings (SSSR count). The molecule has 0 spiro atoms. The van der Waals surface area contributed by atoms with Gasteiger partial charge in [0.25, 0.3) is 0 Å². The summed E-state index contributed by atoms with van der Waals surface area (Å²) in [5, 5.41) is 20.5. The standard InChI is InChI=1S/C17H16N4S/c18-9-11-3-4-13-14-5-7-22-16(14)17(21-15(13)8-11)20-10-12-2-1-6-19-12/h3-5,7-8,12,19H,1-2,6,10H2,(H,20,21). The zero-order valence-electron chi connectivity index (χ0n) is 12.1. The first-order valence-electron chi connectivity index (χ1n) is 7.53. The molecule has 1 atom stereocenters. The summed E-state index contributed by atoms with van der Waals surface area (Å²) in [4.78, 5) is 4.77. The van der Waals surface area contributed by atoms with Gasteiger partial charge in [0.05, 0.1) is 21.8 Å². The van der Waals surface area contributed by atoms with E-state index in [0.717, 1.165) is 29.8 Å². The molecule has 1 aliphatic rings. The number of nitriles is 1. The molecule has 2 N–H and O–H groups in total. The summed E-state index contributed by atoms with van der Waals surface area (Å²) in [5.41, 5.74) is 1.53.